The number of hydrogen-bond acceptors (Lipinski definition) is 5. The maximum Gasteiger partial charge on any atom is 0.165 e. The van der Waals surface area contributed by atoms with E-state index in [0.717, 1.165) is 30.7 Å². The molecule has 1 aromatic carbocycles. The number of ether oxygens (including phenoxy) is 2. The van der Waals surface area contributed by atoms with Crippen molar-refractivity contribution in [2.24, 2.45) is 5.92 Å². The summed E-state index contributed by atoms with van der Waals surface area (Å²) in [4.78, 5) is 2.26. The van der Waals surface area contributed by atoms with E-state index >= 15 is 0 Å². The summed E-state index contributed by atoms with van der Waals surface area (Å²) in [5.74, 6) is 1.37. The van der Waals surface area contributed by atoms with Crippen LogP contribution in [0.5, 0.6) is 11.5 Å². The minimum atomic E-state index is -0.971. The Morgan fingerprint density at radius 1 is 1.42 bits per heavy atom. The number of rotatable bonds is 2. The molecule has 1 saturated heterocycles. The molecule has 1 aromatic rings. The van der Waals surface area contributed by atoms with Crippen LogP contribution in [-0.2, 0) is 11.8 Å². The molecule has 5 heteroatoms. The molecule has 2 aliphatic heterocycles. The quantitative estimate of drug-likeness (QED) is 0.788. The van der Waals surface area contributed by atoms with Crippen LogP contribution in [0, 0.1) is 5.92 Å². The highest BCUT2D eigenvalue weighted by molar-refractivity contribution is 5.64. The van der Waals surface area contributed by atoms with Gasteiger partial charge in [-0.15, -0.1) is 0 Å². The summed E-state index contributed by atoms with van der Waals surface area (Å²) in [6.07, 6.45) is 5.24. The normalized spacial score (nSPS) is 41.8. The molecule has 128 valence electrons. The second-order valence-electron chi connectivity index (χ2n) is 7.62. The fraction of sp³-hybridized carbons (Fsp3) is 0.579. The van der Waals surface area contributed by atoms with E-state index in [1.54, 1.807) is 7.11 Å². The van der Waals surface area contributed by atoms with Crippen LogP contribution in [0.3, 0.4) is 0 Å². The van der Waals surface area contributed by atoms with Crippen LogP contribution in [0.4, 0.5) is 0 Å². The fourth-order valence-corrected chi connectivity index (χ4v) is 5.71. The first-order valence-corrected chi connectivity index (χ1v) is 8.66. The smallest absolute Gasteiger partial charge is 0.165 e. The van der Waals surface area contributed by atoms with Gasteiger partial charge in [0, 0.05) is 17.5 Å². The van der Waals surface area contributed by atoms with E-state index in [0.29, 0.717) is 5.75 Å². The molecule has 2 N–H and O–H groups in total. The molecule has 1 spiro atoms. The van der Waals surface area contributed by atoms with Crippen molar-refractivity contribution >= 4 is 0 Å². The van der Waals surface area contributed by atoms with Crippen LogP contribution in [0.15, 0.2) is 24.3 Å². The van der Waals surface area contributed by atoms with Crippen LogP contribution < -0.4 is 9.47 Å². The topological polar surface area (TPSA) is 62.2 Å². The molecular weight excluding hydrogens is 306 g/mol. The van der Waals surface area contributed by atoms with Crippen molar-refractivity contribution in [3.63, 3.8) is 0 Å². The highest BCUT2D eigenvalue weighted by atomic mass is 16.5. The molecule has 2 bridgehead atoms. The summed E-state index contributed by atoms with van der Waals surface area (Å²) in [5, 5.41) is 21.7. The molecule has 0 radical (unpaired) electrons. The zero-order valence-electron chi connectivity index (χ0n) is 14.0. The lowest BCUT2D eigenvalue weighted by Gasteiger charge is -2.61. The molecule has 0 aromatic heterocycles. The summed E-state index contributed by atoms with van der Waals surface area (Å²) < 4.78 is 11.9. The highest BCUT2D eigenvalue weighted by Gasteiger charge is 2.71. The Morgan fingerprint density at radius 3 is 3.00 bits per heavy atom. The first-order chi connectivity index (χ1) is 11.6. The van der Waals surface area contributed by atoms with E-state index in [4.69, 9.17) is 9.47 Å². The van der Waals surface area contributed by atoms with Crippen molar-refractivity contribution in [2.45, 2.75) is 36.0 Å². The summed E-state index contributed by atoms with van der Waals surface area (Å²) in [5.41, 5.74) is 0.882. The van der Waals surface area contributed by atoms with Gasteiger partial charge in [-0.25, -0.2) is 0 Å². The summed E-state index contributed by atoms with van der Waals surface area (Å²) in [6.45, 7) is 0.931. The second-order valence-corrected chi connectivity index (χ2v) is 7.62. The Bertz CT molecular complexity index is 747. The van der Waals surface area contributed by atoms with Gasteiger partial charge in [-0.3, -0.25) is 4.90 Å². The third-order valence-electron chi connectivity index (χ3n) is 6.83. The molecule has 4 aliphatic rings. The maximum absolute atomic E-state index is 11.8. The Kier molecular flexibility index (Phi) is 2.79. The predicted octanol–water partition coefficient (Wildman–Crippen LogP) is 0.864. The first kappa shape index (κ1) is 14.8. The van der Waals surface area contributed by atoms with Gasteiger partial charge in [0.2, 0.25) is 0 Å². The number of benzene rings is 1. The van der Waals surface area contributed by atoms with Gasteiger partial charge in [-0.2, -0.15) is 0 Å². The average Bonchev–Trinajstić information content (AvgIpc) is 2.93. The van der Waals surface area contributed by atoms with E-state index < -0.39 is 11.0 Å². The third-order valence-corrected chi connectivity index (χ3v) is 6.83. The second kappa shape index (κ2) is 4.54. The number of likely N-dealkylation sites (N-methyl/N-ethyl adjacent to an activating group) is 1. The molecule has 0 amide bonds. The largest absolute Gasteiger partial charge is 0.493 e. The summed E-state index contributed by atoms with van der Waals surface area (Å²) >= 11 is 0. The Labute approximate surface area is 141 Å². The number of aliphatic hydroxyl groups is 2. The summed E-state index contributed by atoms with van der Waals surface area (Å²) in [6, 6.07) is 4.10. The van der Waals surface area contributed by atoms with Crippen LogP contribution in [0.2, 0.25) is 0 Å². The van der Waals surface area contributed by atoms with Gasteiger partial charge >= 0.3 is 0 Å². The lowest BCUT2D eigenvalue weighted by atomic mass is 9.49. The van der Waals surface area contributed by atoms with E-state index in [2.05, 4.69) is 18.0 Å². The number of methoxy groups -OCH3 is 1. The van der Waals surface area contributed by atoms with Crippen LogP contribution in [0.25, 0.3) is 0 Å². The van der Waals surface area contributed by atoms with Gasteiger partial charge in [0.05, 0.1) is 19.1 Å². The zero-order chi connectivity index (χ0) is 16.7. The minimum Gasteiger partial charge on any atom is -0.493 e. The zero-order valence-corrected chi connectivity index (χ0v) is 14.0. The molecule has 5 rings (SSSR count). The Hall–Kier alpha value is -1.56. The SMILES string of the molecule is COc1ccc2c3c1O[C@H]1C(CO)C=C[C@@]4(O)[C@@H](C2)N(C)CC[C@]314. The molecule has 5 atom stereocenters. The van der Waals surface area contributed by atoms with Crippen molar-refractivity contribution in [1.82, 2.24) is 4.90 Å². The number of hydrogen-bond donors (Lipinski definition) is 2. The van der Waals surface area contributed by atoms with Crippen molar-refractivity contribution in [2.75, 3.05) is 27.3 Å². The van der Waals surface area contributed by atoms with Crippen LogP contribution in [0.1, 0.15) is 17.5 Å². The van der Waals surface area contributed by atoms with Crippen molar-refractivity contribution in [3.8, 4) is 11.5 Å². The number of likely N-dealkylation sites (tertiary alicyclic amines) is 1. The number of aliphatic hydroxyl groups excluding tert-OH is 1. The minimum absolute atomic E-state index is 0.0190. The van der Waals surface area contributed by atoms with E-state index in [1.807, 2.05) is 18.2 Å². The fourth-order valence-electron chi connectivity index (χ4n) is 5.71. The van der Waals surface area contributed by atoms with Crippen molar-refractivity contribution < 1.29 is 19.7 Å². The first-order valence-electron chi connectivity index (χ1n) is 8.66. The monoisotopic (exact) mass is 329 g/mol. The van der Waals surface area contributed by atoms with Gasteiger partial charge in [-0.1, -0.05) is 18.2 Å². The van der Waals surface area contributed by atoms with Crippen LogP contribution in [-0.4, -0.2) is 60.2 Å². The van der Waals surface area contributed by atoms with Gasteiger partial charge in [0.15, 0.2) is 11.5 Å². The molecule has 5 nitrogen and oxygen atoms in total. The molecule has 24 heavy (non-hydrogen) atoms. The molecular formula is C19H23NO4. The number of piperidine rings is 1. The Morgan fingerprint density at radius 2 is 2.25 bits per heavy atom. The molecule has 2 aliphatic carbocycles. The maximum atomic E-state index is 11.8. The highest BCUT2D eigenvalue weighted by Crippen LogP contribution is 2.64. The standard InChI is InChI=1S/C19H23NO4/c1-20-8-7-18-15-11-3-4-13(23-2)16(15)24-17(18)12(10-21)5-6-19(18,22)14(20)9-11/h3-6,12,14,17,21-22H,7-10H2,1-2H3/t12?,14-,17+,18+,19-/m1/s1. The summed E-state index contributed by atoms with van der Waals surface area (Å²) in [7, 11) is 3.73. The lowest BCUT2D eigenvalue weighted by molar-refractivity contribution is -0.144. The Balaban J connectivity index is 1.85. The van der Waals surface area contributed by atoms with Crippen molar-refractivity contribution in [1.29, 1.82) is 0 Å². The molecule has 1 unspecified atom stereocenters. The average molecular weight is 329 g/mol. The predicted molar refractivity (Wildman–Crippen MR) is 88.5 cm³/mol. The van der Waals surface area contributed by atoms with Gasteiger partial charge in [-0.05, 0) is 38.1 Å². The van der Waals surface area contributed by atoms with Crippen molar-refractivity contribution in [3.05, 3.63) is 35.4 Å². The van der Waals surface area contributed by atoms with E-state index in [9.17, 15) is 10.2 Å². The number of nitrogens with zero attached hydrogens (tertiary/aromatic N) is 1. The van der Waals surface area contributed by atoms with Gasteiger partial charge in [0.1, 0.15) is 11.7 Å². The molecule has 1 fully saturated rings. The third kappa shape index (κ3) is 1.39. The lowest BCUT2D eigenvalue weighted by Crippen LogP contribution is -2.74. The van der Waals surface area contributed by atoms with Crippen LogP contribution >= 0.6 is 0 Å². The molecule has 2 heterocycles. The molecule has 0 saturated carbocycles. The van der Waals surface area contributed by atoms with Gasteiger partial charge in [0.25, 0.3) is 0 Å². The van der Waals surface area contributed by atoms with E-state index in [1.165, 1.54) is 5.56 Å². The van der Waals surface area contributed by atoms with E-state index in [-0.39, 0.29) is 24.7 Å². The van der Waals surface area contributed by atoms with Gasteiger partial charge < -0.3 is 19.7 Å².